The Balaban J connectivity index is 1.94. The largest absolute Gasteiger partial charge is 0.370 e. The van der Waals surface area contributed by atoms with Crippen LogP contribution in [0.3, 0.4) is 0 Å². The second kappa shape index (κ2) is 6.57. The molecule has 4 nitrogen and oxygen atoms in total. The van der Waals surface area contributed by atoms with E-state index in [9.17, 15) is 0 Å². The number of rotatable bonds is 5. The number of nitrogens with zero attached hydrogens (tertiary/aromatic N) is 3. The van der Waals surface area contributed by atoms with Crippen molar-refractivity contribution >= 4 is 11.8 Å². The molecule has 0 saturated carbocycles. The van der Waals surface area contributed by atoms with Gasteiger partial charge in [-0.05, 0) is 31.2 Å². The molecule has 100 valence electrons. The van der Waals surface area contributed by atoms with Gasteiger partial charge >= 0.3 is 0 Å². The molecule has 0 aliphatic carbocycles. The van der Waals surface area contributed by atoms with Gasteiger partial charge < -0.3 is 10.2 Å². The molecule has 0 unspecified atom stereocenters. The van der Waals surface area contributed by atoms with Gasteiger partial charge in [0.25, 0.3) is 0 Å². The lowest BCUT2D eigenvalue weighted by Crippen LogP contribution is -2.34. The lowest BCUT2D eigenvalue weighted by Gasteiger charge is -2.30. The number of piperidine rings is 1. The fourth-order valence-electron chi connectivity index (χ4n) is 2.20. The van der Waals surface area contributed by atoms with E-state index in [1.165, 1.54) is 25.7 Å². The van der Waals surface area contributed by atoms with Crippen LogP contribution in [0.4, 0.5) is 11.8 Å². The molecule has 0 bridgehead atoms. The first-order valence-corrected chi connectivity index (χ1v) is 7.11. The molecule has 0 atom stereocenters. The zero-order valence-electron chi connectivity index (χ0n) is 11.5. The second-order valence-electron chi connectivity index (χ2n) is 5.19. The highest BCUT2D eigenvalue weighted by Gasteiger charge is 2.17. The van der Waals surface area contributed by atoms with Crippen LogP contribution in [0, 0.1) is 5.92 Å². The van der Waals surface area contributed by atoms with Crippen molar-refractivity contribution in [2.45, 2.75) is 39.5 Å². The minimum Gasteiger partial charge on any atom is -0.370 e. The van der Waals surface area contributed by atoms with Crippen molar-refractivity contribution in [1.82, 2.24) is 9.97 Å². The fraction of sp³-hybridized carbons (Fsp3) is 0.714. The molecule has 1 saturated heterocycles. The molecule has 0 aromatic carbocycles. The van der Waals surface area contributed by atoms with Crippen LogP contribution in [0.1, 0.15) is 39.5 Å². The van der Waals surface area contributed by atoms with E-state index in [4.69, 9.17) is 0 Å². The van der Waals surface area contributed by atoms with Crippen LogP contribution in [0.5, 0.6) is 0 Å². The van der Waals surface area contributed by atoms with Gasteiger partial charge in [0.1, 0.15) is 5.82 Å². The molecule has 4 heteroatoms. The maximum Gasteiger partial charge on any atom is 0.227 e. The number of hydrogen-bond donors (Lipinski definition) is 1. The minimum absolute atomic E-state index is 0.840. The molecule has 0 radical (unpaired) electrons. The Kier molecular flexibility index (Phi) is 4.79. The van der Waals surface area contributed by atoms with Gasteiger partial charge in [-0.1, -0.05) is 20.3 Å². The van der Waals surface area contributed by atoms with Crippen molar-refractivity contribution in [3.63, 3.8) is 0 Å². The first-order chi connectivity index (χ1) is 8.79. The lowest BCUT2D eigenvalue weighted by atomic mass is 10.00. The van der Waals surface area contributed by atoms with E-state index in [1.807, 2.05) is 12.3 Å². The van der Waals surface area contributed by atoms with E-state index in [2.05, 4.69) is 34.0 Å². The molecule has 0 spiro atoms. The Morgan fingerprint density at radius 2 is 2.17 bits per heavy atom. The number of aromatic nitrogens is 2. The zero-order valence-corrected chi connectivity index (χ0v) is 11.5. The monoisotopic (exact) mass is 248 g/mol. The Morgan fingerprint density at radius 3 is 2.89 bits per heavy atom. The second-order valence-corrected chi connectivity index (χ2v) is 5.19. The third-order valence-corrected chi connectivity index (χ3v) is 3.55. The predicted octanol–water partition coefficient (Wildman–Crippen LogP) is 2.92. The number of hydrogen-bond acceptors (Lipinski definition) is 4. The summed E-state index contributed by atoms with van der Waals surface area (Å²) in [7, 11) is 0. The standard InChI is InChI=1S/C14H24N4/c1-3-4-8-15-13-5-9-16-14(17-13)18-10-6-12(2)7-11-18/h5,9,12H,3-4,6-8,10-11H2,1-2H3,(H,15,16,17). The summed E-state index contributed by atoms with van der Waals surface area (Å²) in [6, 6.07) is 1.95. The molecular formula is C14H24N4. The molecule has 1 fully saturated rings. The summed E-state index contributed by atoms with van der Waals surface area (Å²) in [6.07, 6.45) is 6.73. The van der Waals surface area contributed by atoms with Gasteiger partial charge in [0.15, 0.2) is 0 Å². The Labute approximate surface area is 110 Å². The third-order valence-electron chi connectivity index (χ3n) is 3.55. The third kappa shape index (κ3) is 3.59. The number of nitrogens with one attached hydrogen (secondary N) is 1. The number of anilines is 2. The molecule has 1 aromatic rings. The maximum atomic E-state index is 4.60. The van der Waals surface area contributed by atoms with Crippen molar-refractivity contribution in [1.29, 1.82) is 0 Å². The van der Waals surface area contributed by atoms with Gasteiger partial charge in [-0.3, -0.25) is 0 Å². The molecular weight excluding hydrogens is 224 g/mol. The molecule has 2 rings (SSSR count). The van der Waals surface area contributed by atoms with Crippen LogP contribution in [0.25, 0.3) is 0 Å². The first kappa shape index (κ1) is 13.1. The molecule has 1 N–H and O–H groups in total. The average molecular weight is 248 g/mol. The summed E-state index contributed by atoms with van der Waals surface area (Å²) >= 11 is 0. The van der Waals surface area contributed by atoms with Gasteiger partial charge in [-0.25, -0.2) is 4.98 Å². The van der Waals surface area contributed by atoms with Crippen molar-refractivity contribution in [3.05, 3.63) is 12.3 Å². The summed E-state index contributed by atoms with van der Waals surface area (Å²) in [5.41, 5.74) is 0. The van der Waals surface area contributed by atoms with Gasteiger partial charge in [0, 0.05) is 25.8 Å². The Morgan fingerprint density at radius 1 is 1.39 bits per heavy atom. The van der Waals surface area contributed by atoms with E-state index < -0.39 is 0 Å². The fourth-order valence-corrected chi connectivity index (χ4v) is 2.20. The summed E-state index contributed by atoms with van der Waals surface area (Å²) in [5.74, 6) is 2.67. The van der Waals surface area contributed by atoms with E-state index in [-0.39, 0.29) is 0 Å². The van der Waals surface area contributed by atoms with Crippen molar-refractivity contribution in [3.8, 4) is 0 Å². The van der Waals surface area contributed by atoms with Gasteiger partial charge in [-0.15, -0.1) is 0 Å². The molecule has 2 heterocycles. The highest BCUT2D eigenvalue weighted by atomic mass is 15.3. The summed E-state index contributed by atoms with van der Waals surface area (Å²) in [6.45, 7) is 7.67. The molecule has 0 amide bonds. The smallest absolute Gasteiger partial charge is 0.227 e. The van der Waals surface area contributed by atoms with Crippen molar-refractivity contribution in [2.75, 3.05) is 29.9 Å². The summed E-state index contributed by atoms with van der Waals surface area (Å²) in [5, 5.41) is 3.36. The van der Waals surface area contributed by atoms with Crippen molar-refractivity contribution < 1.29 is 0 Å². The highest BCUT2D eigenvalue weighted by Crippen LogP contribution is 2.20. The minimum atomic E-state index is 0.840. The lowest BCUT2D eigenvalue weighted by molar-refractivity contribution is 0.434. The first-order valence-electron chi connectivity index (χ1n) is 7.11. The quantitative estimate of drug-likeness (QED) is 0.813. The molecule has 18 heavy (non-hydrogen) atoms. The van der Waals surface area contributed by atoms with Crippen LogP contribution < -0.4 is 10.2 Å². The van der Waals surface area contributed by atoms with Crippen LogP contribution in [-0.2, 0) is 0 Å². The van der Waals surface area contributed by atoms with E-state index >= 15 is 0 Å². The maximum absolute atomic E-state index is 4.60. The normalized spacial score (nSPS) is 16.9. The van der Waals surface area contributed by atoms with E-state index in [1.54, 1.807) is 0 Å². The summed E-state index contributed by atoms with van der Waals surface area (Å²) in [4.78, 5) is 11.3. The molecule has 1 aromatic heterocycles. The van der Waals surface area contributed by atoms with Crippen LogP contribution in [0.2, 0.25) is 0 Å². The van der Waals surface area contributed by atoms with Gasteiger partial charge in [0.05, 0.1) is 0 Å². The van der Waals surface area contributed by atoms with Gasteiger partial charge in [0.2, 0.25) is 5.95 Å². The van der Waals surface area contributed by atoms with Crippen LogP contribution >= 0.6 is 0 Å². The van der Waals surface area contributed by atoms with E-state index in [0.29, 0.717) is 0 Å². The van der Waals surface area contributed by atoms with Gasteiger partial charge in [-0.2, -0.15) is 4.98 Å². The average Bonchev–Trinajstić information content (AvgIpc) is 2.40. The topological polar surface area (TPSA) is 41.1 Å². The molecule has 1 aliphatic rings. The Hall–Kier alpha value is -1.32. The molecule has 1 aliphatic heterocycles. The van der Waals surface area contributed by atoms with Crippen LogP contribution in [0.15, 0.2) is 12.3 Å². The number of unbranched alkanes of at least 4 members (excludes halogenated alkanes) is 1. The van der Waals surface area contributed by atoms with E-state index in [0.717, 1.165) is 37.3 Å². The predicted molar refractivity (Wildman–Crippen MR) is 76.0 cm³/mol. The zero-order chi connectivity index (χ0) is 12.8. The summed E-state index contributed by atoms with van der Waals surface area (Å²) < 4.78 is 0. The highest BCUT2D eigenvalue weighted by molar-refractivity contribution is 5.41. The Bertz CT molecular complexity index is 359. The SMILES string of the molecule is CCCCNc1ccnc(N2CCC(C)CC2)n1. The van der Waals surface area contributed by atoms with Crippen molar-refractivity contribution in [2.24, 2.45) is 5.92 Å². The van der Waals surface area contributed by atoms with Crippen LogP contribution in [-0.4, -0.2) is 29.6 Å².